The lowest BCUT2D eigenvalue weighted by atomic mass is 9.75. The van der Waals surface area contributed by atoms with Crippen LogP contribution in [-0.4, -0.2) is 97.0 Å². The zero-order valence-electron chi connectivity index (χ0n) is 24.5. The third kappa shape index (κ3) is 6.23. The van der Waals surface area contributed by atoms with Gasteiger partial charge in [0.15, 0.2) is 0 Å². The molecular weight excluding hydrogens is 499 g/mol. The molecule has 4 rings (SSSR count). The normalized spacial score (nSPS) is 22.2. The van der Waals surface area contributed by atoms with Crippen LogP contribution in [0, 0.1) is 16.6 Å². The summed E-state index contributed by atoms with van der Waals surface area (Å²) in [4.78, 5) is 47.3. The fraction of sp³-hybridized carbons (Fsp3) is 0.700. The molecule has 0 radical (unpaired) electrons. The van der Waals surface area contributed by atoms with Gasteiger partial charge in [-0.15, -0.1) is 0 Å². The minimum Gasteiger partial charge on any atom is -0.462 e. The van der Waals surface area contributed by atoms with Gasteiger partial charge < -0.3 is 19.4 Å². The maximum atomic E-state index is 13.4. The Labute approximate surface area is 232 Å². The number of anilines is 1. The number of ether oxygens (including phenoxy) is 1. The maximum Gasteiger partial charge on any atom is 0.312 e. The fourth-order valence-corrected chi connectivity index (χ4v) is 6.04. The number of cyclic esters (lactones) is 1. The number of nitrogens with zero attached hydrogens (tertiary/aromatic N) is 4. The average molecular weight is 545 g/mol. The SMILES string of the molecule is CN(C(=O)C(C)(C)C)C(C)(C)C(=O)N1CCC2(CC1)C[C@H](CCN1CCN(c3ccc(F)cc3)CC1)OC2=O. The molecule has 8 nitrogen and oxygen atoms in total. The lowest BCUT2D eigenvalue weighted by Crippen LogP contribution is -2.60. The van der Waals surface area contributed by atoms with Crippen LogP contribution in [0.1, 0.15) is 60.3 Å². The van der Waals surface area contributed by atoms with Gasteiger partial charge in [0.2, 0.25) is 11.8 Å². The van der Waals surface area contributed by atoms with Crippen molar-refractivity contribution in [1.82, 2.24) is 14.7 Å². The molecule has 0 saturated carbocycles. The van der Waals surface area contributed by atoms with E-state index in [-0.39, 0.29) is 29.7 Å². The molecule has 3 aliphatic heterocycles. The third-order valence-electron chi connectivity index (χ3n) is 8.97. The van der Waals surface area contributed by atoms with Crippen LogP contribution in [0.5, 0.6) is 0 Å². The summed E-state index contributed by atoms with van der Waals surface area (Å²) < 4.78 is 19.1. The highest BCUT2D eigenvalue weighted by atomic mass is 19.1. The van der Waals surface area contributed by atoms with Crippen molar-refractivity contribution < 1.29 is 23.5 Å². The molecule has 0 aliphatic carbocycles. The first-order chi connectivity index (χ1) is 18.2. The summed E-state index contributed by atoms with van der Waals surface area (Å²) in [5.74, 6) is -0.504. The number of esters is 1. The van der Waals surface area contributed by atoms with Gasteiger partial charge in [-0.1, -0.05) is 20.8 Å². The summed E-state index contributed by atoms with van der Waals surface area (Å²) in [6.07, 6.45) is 2.60. The fourth-order valence-electron chi connectivity index (χ4n) is 6.04. The number of rotatable bonds is 6. The van der Waals surface area contributed by atoms with E-state index in [1.807, 2.05) is 32.9 Å². The van der Waals surface area contributed by atoms with Gasteiger partial charge in [0.25, 0.3) is 0 Å². The van der Waals surface area contributed by atoms with E-state index < -0.39 is 16.4 Å². The maximum absolute atomic E-state index is 13.4. The standard InChI is InChI=1S/C30H45FN4O4/c1-28(2,3)25(36)32(6)29(4,5)26(37)35-15-12-30(13-16-35)21-24(39-27(30)38)11-14-33-17-19-34(20-18-33)23-9-7-22(31)8-10-23/h7-10,24H,11-21H2,1-6H3/t24-/m0/s1. The number of likely N-dealkylation sites (tertiary alicyclic amines) is 1. The largest absolute Gasteiger partial charge is 0.462 e. The molecule has 3 heterocycles. The Bertz CT molecular complexity index is 1050. The van der Waals surface area contributed by atoms with Crippen molar-refractivity contribution in [3.05, 3.63) is 30.1 Å². The van der Waals surface area contributed by atoms with Gasteiger partial charge in [0, 0.05) is 70.4 Å². The molecular formula is C30H45FN4O4. The second kappa shape index (κ2) is 11.1. The zero-order chi connectivity index (χ0) is 28.6. The van der Waals surface area contributed by atoms with E-state index in [2.05, 4.69) is 9.80 Å². The number of piperidine rings is 1. The van der Waals surface area contributed by atoms with Crippen molar-refractivity contribution in [2.45, 2.75) is 71.9 Å². The summed E-state index contributed by atoms with van der Waals surface area (Å²) in [5.41, 5.74) is -1.01. The van der Waals surface area contributed by atoms with E-state index in [1.165, 1.54) is 12.1 Å². The van der Waals surface area contributed by atoms with Crippen LogP contribution in [0.2, 0.25) is 0 Å². The summed E-state index contributed by atoms with van der Waals surface area (Å²) in [5, 5.41) is 0. The van der Waals surface area contributed by atoms with Crippen molar-refractivity contribution in [3.63, 3.8) is 0 Å². The highest BCUT2D eigenvalue weighted by molar-refractivity contribution is 5.92. The molecule has 216 valence electrons. The lowest BCUT2D eigenvalue weighted by Gasteiger charge is -2.44. The highest BCUT2D eigenvalue weighted by Gasteiger charge is 2.52. The molecule has 3 fully saturated rings. The van der Waals surface area contributed by atoms with Crippen LogP contribution in [0.25, 0.3) is 0 Å². The predicted octanol–water partition coefficient (Wildman–Crippen LogP) is 3.55. The number of carbonyl (C=O) groups is 3. The molecule has 1 spiro atoms. The topological polar surface area (TPSA) is 73.4 Å². The summed E-state index contributed by atoms with van der Waals surface area (Å²) in [6.45, 7) is 14.6. The van der Waals surface area contributed by atoms with Crippen molar-refractivity contribution in [1.29, 1.82) is 0 Å². The second-order valence-electron chi connectivity index (χ2n) is 13.1. The first-order valence-corrected chi connectivity index (χ1v) is 14.2. The van der Waals surface area contributed by atoms with Crippen LogP contribution >= 0.6 is 0 Å². The van der Waals surface area contributed by atoms with Crippen LogP contribution in [0.4, 0.5) is 10.1 Å². The predicted molar refractivity (Wildman–Crippen MR) is 149 cm³/mol. The van der Waals surface area contributed by atoms with Gasteiger partial charge in [0.05, 0.1) is 5.41 Å². The Kier molecular flexibility index (Phi) is 8.31. The first-order valence-electron chi connectivity index (χ1n) is 14.2. The number of hydrogen-bond donors (Lipinski definition) is 0. The number of amides is 2. The lowest BCUT2D eigenvalue weighted by molar-refractivity contribution is -0.158. The molecule has 3 saturated heterocycles. The van der Waals surface area contributed by atoms with Crippen molar-refractivity contribution in [2.24, 2.45) is 10.8 Å². The van der Waals surface area contributed by atoms with E-state index in [1.54, 1.807) is 30.7 Å². The molecule has 1 atom stereocenters. The first kappa shape index (κ1) is 29.3. The van der Waals surface area contributed by atoms with Crippen LogP contribution < -0.4 is 4.90 Å². The van der Waals surface area contributed by atoms with Gasteiger partial charge in [-0.05, 0) is 57.4 Å². The van der Waals surface area contributed by atoms with E-state index >= 15 is 0 Å². The van der Waals surface area contributed by atoms with E-state index in [4.69, 9.17) is 4.74 Å². The summed E-state index contributed by atoms with van der Waals surface area (Å²) in [7, 11) is 1.69. The molecule has 39 heavy (non-hydrogen) atoms. The zero-order valence-corrected chi connectivity index (χ0v) is 24.5. The summed E-state index contributed by atoms with van der Waals surface area (Å²) in [6, 6.07) is 6.65. The summed E-state index contributed by atoms with van der Waals surface area (Å²) >= 11 is 0. The highest BCUT2D eigenvalue weighted by Crippen LogP contribution is 2.44. The van der Waals surface area contributed by atoms with Crippen molar-refractivity contribution >= 4 is 23.5 Å². The minimum absolute atomic E-state index is 0.0755. The van der Waals surface area contributed by atoms with Gasteiger partial charge >= 0.3 is 5.97 Å². The number of halogens is 1. The van der Waals surface area contributed by atoms with Crippen LogP contribution in [0.3, 0.4) is 0 Å². The number of piperazine rings is 1. The molecule has 0 N–H and O–H groups in total. The minimum atomic E-state index is -0.964. The quantitative estimate of drug-likeness (QED) is 0.510. The van der Waals surface area contributed by atoms with E-state index in [0.717, 1.165) is 44.8 Å². The monoisotopic (exact) mass is 544 g/mol. The van der Waals surface area contributed by atoms with Crippen LogP contribution in [0.15, 0.2) is 24.3 Å². The Morgan fingerprint density at radius 1 is 1.00 bits per heavy atom. The average Bonchev–Trinajstić information content (AvgIpc) is 3.21. The number of benzene rings is 1. The molecule has 1 aromatic rings. The Morgan fingerprint density at radius 3 is 2.15 bits per heavy atom. The van der Waals surface area contributed by atoms with Gasteiger partial charge in [0.1, 0.15) is 17.5 Å². The van der Waals surface area contributed by atoms with Gasteiger partial charge in [-0.3, -0.25) is 19.3 Å². The second-order valence-corrected chi connectivity index (χ2v) is 13.1. The number of likely N-dealkylation sites (N-methyl/N-ethyl adjacent to an activating group) is 1. The molecule has 2 amide bonds. The number of hydrogen-bond acceptors (Lipinski definition) is 6. The van der Waals surface area contributed by atoms with E-state index in [0.29, 0.717) is 32.4 Å². The molecule has 0 aromatic heterocycles. The van der Waals surface area contributed by atoms with Gasteiger partial charge in [-0.25, -0.2) is 4.39 Å². The van der Waals surface area contributed by atoms with Crippen LogP contribution in [-0.2, 0) is 19.1 Å². The smallest absolute Gasteiger partial charge is 0.312 e. The molecule has 9 heteroatoms. The molecule has 3 aliphatic rings. The molecule has 0 unspecified atom stereocenters. The van der Waals surface area contributed by atoms with Crippen molar-refractivity contribution in [2.75, 3.05) is 57.8 Å². The third-order valence-corrected chi connectivity index (χ3v) is 8.97. The Morgan fingerprint density at radius 2 is 1.59 bits per heavy atom. The van der Waals surface area contributed by atoms with Gasteiger partial charge in [-0.2, -0.15) is 0 Å². The number of carbonyl (C=O) groups excluding carboxylic acids is 3. The molecule has 0 bridgehead atoms. The Hall–Kier alpha value is -2.68. The van der Waals surface area contributed by atoms with E-state index in [9.17, 15) is 18.8 Å². The molecule has 1 aromatic carbocycles. The Balaban J connectivity index is 1.24. The van der Waals surface area contributed by atoms with Crippen molar-refractivity contribution in [3.8, 4) is 0 Å².